The minimum Gasteiger partial charge on any atom is -0.453 e. The highest BCUT2D eigenvalue weighted by atomic mass is 19.1. The highest BCUT2D eigenvalue weighted by molar-refractivity contribution is 5.79. The van der Waals surface area contributed by atoms with Gasteiger partial charge in [0, 0.05) is 37.2 Å². The van der Waals surface area contributed by atoms with Gasteiger partial charge in [-0.3, -0.25) is 4.79 Å². The normalized spacial score (nSPS) is 24.2. The Balaban J connectivity index is 1.61. The highest BCUT2D eigenvalue weighted by Gasteiger charge is 2.40. The maximum Gasteiger partial charge on any atom is 0.406 e. The molecule has 2 aliphatic rings. The van der Waals surface area contributed by atoms with E-state index in [4.69, 9.17) is 15.2 Å². The van der Waals surface area contributed by atoms with E-state index in [-0.39, 0.29) is 38.1 Å². The van der Waals surface area contributed by atoms with Crippen molar-refractivity contribution in [3.05, 3.63) is 59.4 Å². The first-order chi connectivity index (χ1) is 18.3. The Kier molecular flexibility index (Phi) is 9.32. The summed E-state index contributed by atoms with van der Waals surface area (Å²) in [6, 6.07) is 12.0. The van der Waals surface area contributed by atoms with E-state index in [0.717, 1.165) is 5.56 Å². The van der Waals surface area contributed by atoms with Crippen LogP contribution in [0.15, 0.2) is 42.5 Å². The van der Waals surface area contributed by atoms with Gasteiger partial charge in [-0.15, -0.1) is 0 Å². The monoisotopic (exact) mass is 529 g/mol. The lowest BCUT2D eigenvalue weighted by Gasteiger charge is -2.38. The third kappa shape index (κ3) is 6.50. The van der Waals surface area contributed by atoms with Crippen LogP contribution in [0, 0.1) is 18.7 Å². The zero-order valence-electron chi connectivity index (χ0n) is 21.8. The molecule has 4 N–H and O–H groups in total. The molecule has 1 aliphatic heterocycles. The number of halogens is 1. The number of amides is 2. The van der Waals surface area contributed by atoms with E-state index in [2.05, 4.69) is 10.1 Å². The molecule has 0 spiro atoms. The minimum atomic E-state index is -0.729. The molecule has 2 aromatic carbocycles. The van der Waals surface area contributed by atoms with Crippen molar-refractivity contribution in [2.75, 3.05) is 40.0 Å². The second-order valence-corrected chi connectivity index (χ2v) is 9.88. The van der Waals surface area contributed by atoms with Gasteiger partial charge in [-0.1, -0.05) is 42.0 Å². The van der Waals surface area contributed by atoms with Crippen LogP contribution in [0.2, 0.25) is 0 Å². The van der Waals surface area contributed by atoms with Crippen molar-refractivity contribution in [1.82, 2.24) is 10.2 Å². The molecule has 1 heterocycles. The summed E-state index contributed by atoms with van der Waals surface area (Å²) in [5.41, 5.74) is 8.63. The number of methoxy groups -OCH3 is 1. The second-order valence-electron chi connectivity index (χ2n) is 9.88. The maximum atomic E-state index is 15.3. The predicted molar refractivity (Wildman–Crippen MR) is 139 cm³/mol. The lowest BCUT2D eigenvalue weighted by Crippen LogP contribution is -2.50. The summed E-state index contributed by atoms with van der Waals surface area (Å²) in [5, 5.41) is 12.6. The van der Waals surface area contributed by atoms with Crippen molar-refractivity contribution in [2.24, 2.45) is 11.7 Å². The molecule has 0 aromatic heterocycles. The number of hydrogen-bond donors (Lipinski definition) is 3. The second kappa shape index (κ2) is 12.7. The standard InChI is InChI=1S/C28H36FN3O6/c1-17-5-3-6-18(13-17)25-20(7-4-8-21(25)29)26(38-11-9-31-28(35)36-2)24-16-32(10-12-37-24)27(34)19-14-22(30)23(33)15-19/h3-8,13,19,22-24,26,33H,9-12,14-16,30H2,1-2H3,(H,31,35)/t19-,22+,23-,24+,26-/m0/s1. The fourth-order valence-corrected chi connectivity index (χ4v) is 5.26. The van der Waals surface area contributed by atoms with Crippen LogP contribution in [-0.2, 0) is 19.0 Å². The Labute approximate surface area is 222 Å². The smallest absolute Gasteiger partial charge is 0.406 e. The van der Waals surface area contributed by atoms with Gasteiger partial charge < -0.3 is 35.3 Å². The van der Waals surface area contributed by atoms with Gasteiger partial charge in [0.15, 0.2) is 0 Å². The fraction of sp³-hybridized carbons (Fsp3) is 0.500. The van der Waals surface area contributed by atoms with Crippen molar-refractivity contribution in [3.8, 4) is 11.1 Å². The van der Waals surface area contributed by atoms with Gasteiger partial charge in [-0.05, 0) is 37.0 Å². The summed E-state index contributed by atoms with van der Waals surface area (Å²) in [6.45, 7) is 3.15. The first-order valence-electron chi connectivity index (χ1n) is 12.9. The first-order valence-corrected chi connectivity index (χ1v) is 12.9. The average molecular weight is 530 g/mol. The van der Waals surface area contributed by atoms with E-state index in [1.165, 1.54) is 13.2 Å². The van der Waals surface area contributed by atoms with Gasteiger partial charge in [0.1, 0.15) is 18.0 Å². The van der Waals surface area contributed by atoms with Gasteiger partial charge in [-0.2, -0.15) is 0 Å². The molecular formula is C28H36FN3O6. The quantitative estimate of drug-likeness (QED) is 0.449. The van der Waals surface area contributed by atoms with Crippen molar-refractivity contribution in [3.63, 3.8) is 0 Å². The van der Waals surface area contributed by atoms with Crippen LogP contribution in [0.25, 0.3) is 11.1 Å². The van der Waals surface area contributed by atoms with Crippen LogP contribution in [-0.4, -0.2) is 80.2 Å². The Morgan fingerprint density at radius 3 is 2.76 bits per heavy atom. The number of benzene rings is 2. The third-order valence-corrected chi connectivity index (χ3v) is 7.18. The number of nitrogens with one attached hydrogen (secondary N) is 1. The summed E-state index contributed by atoms with van der Waals surface area (Å²) < 4.78 is 32.3. The van der Waals surface area contributed by atoms with E-state index in [1.807, 2.05) is 31.2 Å². The van der Waals surface area contributed by atoms with E-state index in [0.29, 0.717) is 36.1 Å². The van der Waals surface area contributed by atoms with Crippen molar-refractivity contribution < 1.29 is 33.3 Å². The van der Waals surface area contributed by atoms with Crippen LogP contribution in [0.3, 0.4) is 0 Å². The Morgan fingerprint density at radius 2 is 2.05 bits per heavy atom. The molecule has 10 heteroatoms. The predicted octanol–water partition coefficient (Wildman–Crippen LogP) is 2.54. The van der Waals surface area contributed by atoms with E-state index in [1.54, 1.807) is 17.0 Å². The van der Waals surface area contributed by atoms with Crippen molar-refractivity contribution in [1.29, 1.82) is 0 Å². The van der Waals surface area contributed by atoms with Crippen LogP contribution >= 0.6 is 0 Å². The third-order valence-electron chi connectivity index (χ3n) is 7.18. The molecule has 38 heavy (non-hydrogen) atoms. The molecule has 2 aromatic rings. The van der Waals surface area contributed by atoms with Gasteiger partial charge in [-0.25, -0.2) is 9.18 Å². The number of alkyl carbamates (subject to hydrolysis) is 1. The summed E-state index contributed by atoms with van der Waals surface area (Å²) in [6.07, 6.45) is -1.82. The number of nitrogens with two attached hydrogens (primary N) is 1. The molecular weight excluding hydrogens is 493 g/mol. The first kappa shape index (κ1) is 28.0. The number of carbonyl (C=O) groups excluding carboxylic acids is 2. The molecule has 1 aliphatic carbocycles. The summed E-state index contributed by atoms with van der Waals surface area (Å²) in [7, 11) is 1.28. The minimum absolute atomic E-state index is 0.0745. The number of aliphatic hydroxyl groups excluding tert-OH is 1. The van der Waals surface area contributed by atoms with Gasteiger partial charge >= 0.3 is 6.09 Å². The molecule has 0 bridgehead atoms. The number of ether oxygens (including phenoxy) is 3. The molecule has 1 saturated carbocycles. The van der Waals surface area contributed by atoms with Gasteiger partial charge in [0.05, 0.1) is 26.4 Å². The van der Waals surface area contributed by atoms with Crippen LogP contribution in [0.1, 0.15) is 30.1 Å². The Bertz CT molecular complexity index is 1120. The van der Waals surface area contributed by atoms with Gasteiger partial charge in [0.25, 0.3) is 0 Å². The number of carbonyl (C=O) groups is 2. The lowest BCUT2D eigenvalue weighted by atomic mass is 9.91. The maximum absolute atomic E-state index is 15.3. The molecule has 0 radical (unpaired) electrons. The number of hydrogen-bond acceptors (Lipinski definition) is 7. The molecule has 1 saturated heterocycles. The number of aliphatic hydroxyl groups is 1. The number of morpholine rings is 1. The summed E-state index contributed by atoms with van der Waals surface area (Å²) in [4.78, 5) is 26.5. The van der Waals surface area contributed by atoms with E-state index >= 15 is 4.39 Å². The SMILES string of the molecule is COC(=O)NCCO[C@@H](c1cccc(F)c1-c1cccc(C)c1)[C@H]1CN(C(=O)[C@H]2C[C@@H](N)[C@@H](O)C2)CCO1. The van der Waals surface area contributed by atoms with Crippen molar-refractivity contribution >= 4 is 12.0 Å². The number of aryl methyl sites for hydroxylation is 1. The number of nitrogens with zero attached hydrogens (tertiary/aromatic N) is 1. The van der Waals surface area contributed by atoms with Crippen LogP contribution in [0.4, 0.5) is 9.18 Å². The Hall–Kier alpha value is -3.05. The van der Waals surface area contributed by atoms with Gasteiger partial charge in [0.2, 0.25) is 5.91 Å². The number of rotatable bonds is 8. The molecule has 5 atom stereocenters. The van der Waals surface area contributed by atoms with E-state index < -0.39 is 36.3 Å². The zero-order valence-corrected chi connectivity index (χ0v) is 21.8. The molecule has 9 nitrogen and oxygen atoms in total. The molecule has 2 amide bonds. The summed E-state index contributed by atoms with van der Waals surface area (Å²) >= 11 is 0. The Morgan fingerprint density at radius 1 is 1.26 bits per heavy atom. The lowest BCUT2D eigenvalue weighted by molar-refractivity contribution is -0.152. The van der Waals surface area contributed by atoms with Crippen LogP contribution < -0.4 is 11.1 Å². The molecule has 206 valence electrons. The molecule has 0 unspecified atom stereocenters. The average Bonchev–Trinajstić information content (AvgIpc) is 3.25. The largest absolute Gasteiger partial charge is 0.453 e. The molecule has 4 rings (SSSR count). The molecule has 2 fully saturated rings. The highest BCUT2D eigenvalue weighted by Crippen LogP contribution is 2.37. The summed E-state index contributed by atoms with van der Waals surface area (Å²) in [5.74, 6) is -0.819. The zero-order chi connectivity index (χ0) is 27.2. The topological polar surface area (TPSA) is 123 Å². The van der Waals surface area contributed by atoms with E-state index in [9.17, 15) is 14.7 Å². The van der Waals surface area contributed by atoms with Crippen LogP contribution in [0.5, 0.6) is 0 Å². The van der Waals surface area contributed by atoms with Crippen molar-refractivity contribution in [2.45, 2.75) is 44.1 Å². The fourth-order valence-electron chi connectivity index (χ4n) is 5.26.